The molecule has 1 aromatic carbocycles. The van der Waals surface area contributed by atoms with Crippen molar-refractivity contribution in [2.75, 3.05) is 23.7 Å². The number of aryl methyl sites for hydroxylation is 1. The molecule has 0 spiro atoms. The smallest absolute Gasteiger partial charge is 0.243 e. The lowest BCUT2D eigenvalue weighted by Crippen LogP contribution is -2.56. The Kier molecular flexibility index (Phi) is 4.54. The summed E-state index contributed by atoms with van der Waals surface area (Å²) in [6, 6.07) is 4.82. The summed E-state index contributed by atoms with van der Waals surface area (Å²) in [4.78, 5) is 34.2. The van der Waals surface area contributed by atoms with E-state index >= 15 is 0 Å². The normalized spacial score (nSPS) is 17.8. The van der Waals surface area contributed by atoms with Crippen molar-refractivity contribution in [1.29, 1.82) is 0 Å². The fourth-order valence-electron chi connectivity index (χ4n) is 2.01. The van der Waals surface area contributed by atoms with Crippen LogP contribution in [0.25, 0.3) is 0 Å². The van der Waals surface area contributed by atoms with Crippen LogP contribution < -0.4 is 21.3 Å². The molecule has 0 aliphatic carbocycles. The molecule has 0 saturated carbocycles. The Balaban J connectivity index is 2.03. The first-order valence-electron chi connectivity index (χ1n) is 6.65. The molecule has 0 radical (unpaired) electrons. The number of piperazine rings is 1. The molecule has 2 rings (SSSR count). The standard InChI is InChI=1S/C14H18N4O3/c1-8-3-4-10(5-11(8)17-9(2)19)18-14(21)12-6-16-13(20)7-15-12/h3-5,12,15H,6-7H2,1-2H3,(H,16,20)(H,17,19)(H,18,21). The Morgan fingerprint density at radius 3 is 2.67 bits per heavy atom. The van der Waals surface area contributed by atoms with E-state index in [1.807, 2.05) is 13.0 Å². The number of hydrogen-bond donors (Lipinski definition) is 4. The largest absolute Gasteiger partial charge is 0.353 e. The monoisotopic (exact) mass is 290 g/mol. The van der Waals surface area contributed by atoms with E-state index in [4.69, 9.17) is 0 Å². The maximum absolute atomic E-state index is 12.1. The molecular formula is C14H18N4O3. The van der Waals surface area contributed by atoms with Gasteiger partial charge in [-0.15, -0.1) is 0 Å². The Hall–Kier alpha value is -2.41. The van der Waals surface area contributed by atoms with E-state index in [0.717, 1.165) is 5.56 Å². The van der Waals surface area contributed by atoms with Gasteiger partial charge < -0.3 is 16.0 Å². The van der Waals surface area contributed by atoms with Crippen molar-refractivity contribution in [1.82, 2.24) is 10.6 Å². The third-order valence-electron chi connectivity index (χ3n) is 3.14. The second-order valence-corrected chi connectivity index (χ2v) is 4.94. The maximum atomic E-state index is 12.1. The molecule has 0 aromatic heterocycles. The zero-order valence-corrected chi connectivity index (χ0v) is 11.9. The molecule has 1 atom stereocenters. The van der Waals surface area contributed by atoms with Crippen LogP contribution in [-0.4, -0.2) is 36.9 Å². The van der Waals surface area contributed by atoms with E-state index in [-0.39, 0.29) is 30.8 Å². The molecule has 1 heterocycles. The quantitative estimate of drug-likeness (QED) is 0.628. The van der Waals surface area contributed by atoms with Crippen molar-refractivity contribution in [2.45, 2.75) is 19.9 Å². The fourth-order valence-corrected chi connectivity index (χ4v) is 2.01. The first-order chi connectivity index (χ1) is 9.95. The van der Waals surface area contributed by atoms with Crippen molar-refractivity contribution in [2.24, 2.45) is 0 Å². The number of benzene rings is 1. The van der Waals surface area contributed by atoms with Crippen LogP contribution in [0.15, 0.2) is 18.2 Å². The Morgan fingerprint density at radius 2 is 2.05 bits per heavy atom. The van der Waals surface area contributed by atoms with E-state index in [2.05, 4.69) is 21.3 Å². The zero-order chi connectivity index (χ0) is 15.4. The van der Waals surface area contributed by atoms with Crippen molar-refractivity contribution in [3.8, 4) is 0 Å². The lowest BCUT2D eigenvalue weighted by atomic mass is 10.1. The second-order valence-electron chi connectivity index (χ2n) is 4.94. The molecule has 1 aliphatic heterocycles. The van der Waals surface area contributed by atoms with Gasteiger partial charge in [0.1, 0.15) is 6.04 Å². The van der Waals surface area contributed by atoms with E-state index in [1.165, 1.54) is 6.92 Å². The fraction of sp³-hybridized carbons (Fsp3) is 0.357. The summed E-state index contributed by atoms with van der Waals surface area (Å²) >= 11 is 0. The minimum absolute atomic E-state index is 0.123. The Labute approximate surface area is 122 Å². The van der Waals surface area contributed by atoms with Gasteiger partial charge in [-0.1, -0.05) is 6.07 Å². The van der Waals surface area contributed by atoms with Crippen LogP contribution in [0.5, 0.6) is 0 Å². The van der Waals surface area contributed by atoms with Gasteiger partial charge in [-0.2, -0.15) is 0 Å². The van der Waals surface area contributed by atoms with Gasteiger partial charge in [-0.25, -0.2) is 0 Å². The molecule has 7 heteroatoms. The lowest BCUT2D eigenvalue weighted by molar-refractivity contribution is -0.124. The highest BCUT2D eigenvalue weighted by atomic mass is 16.2. The predicted octanol–water partition coefficient (Wildman–Crippen LogP) is -0.0201. The maximum Gasteiger partial charge on any atom is 0.243 e. The minimum Gasteiger partial charge on any atom is -0.353 e. The van der Waals surface area contributed by atoms with Gasteiger partial charge in [0.25, 0.3) is 0 Å². The average Bonchev–Trinajstić information content (AvgIpc) is 2.42. The van der Waals surface area contributed by atoms with Crippen molar-refractivity contribution in [3.63, 3.8) is 0 Å². The van der Waals surface area contributed by atoms with E-state index < -0.39 is 6.04 Å². The summed E-state index contributed by atoms with van der Waals surface area (Å²) in [6.45, 7) is 3.69. The molecule has 1 saturated heterocycles. The van der Waals surface area contributed by atoms with Gasteiger partial charge in [-0.05, 0) is 24.6 Å². The molecule has 7 nitrogen and oxygen atoms in total. The molecule has 1 fully saturated rings. The lowest BCUT2D eigenvalue weighted by Gasteiger charge is -2.23. The molecule has 4 N–H and O–H groups in total. The number of nitrogens with one attached hydrogen (secondary N) is 4. The first kappa shape index (κ1) is 15.0. The third kappa shape index (κ3) is 4.03. The van der Waals surface area contributed by atoms with Gasteiger partial charge in [0.15, 0.2) is 0 Å². The number of carbonyl (C=O) groups is 3. The topological polar surface area (TPSA) is 99.3 Å². The summed E-state index contributed by atoms with van der Waals surface area (Å²) in [5, 5.41) is 11.0. The number of rotatable bonds is 3. The summed E-state index contributed by atoms with van der Waals surface area (Å²) in [6.07, 6.45) is 0. The van der Waals surface area contributed by atoms with Gasteiger partial charge in [-0.3, -0.25) is 19.7 Å². The van der Waals surface area contributed by atoms with Crippen LogP contribution in [0.1, 0.15) is 12.5 Å². The van der Waals surface area contributed by atoms with Crippen LogP contribution >= 0.6 is 0 Å². The van der Waals surface area contributed by atoms with Gasteiger partial charge in [0.2, 0.25) is 17.7 Å². The van der Waals surface area contributed by atoms with Gasteiger partial charge in [0.05, 0.1) is 6.54 Å². The summed E-state index contributed by atoms with van der Waals surface area (Å²) in [7, 11) is 0. The van der Waals surface area contributed by atoms with Crippen molar-refractivity contribution < 1.29 is 14.4 Å². The molecular weight excluding hydrogens is 272 g/mol. The third-order valence-corrected chi connectivity index (χ3v) is 3.14. The number of carbonyl (C=O) groups excluding carboxylic acids is 3. The van der Waals surface area contributed by atoms with Crippen LogP contribution in [-0.2, 0) is 14.4 Å². The SMILES string of the molecule is CC(=O)Nc1cc(NC(=O)C2CNC(=O)CN2)ccc1C. The van der Waals surface area contributed by atoms with Gasteiger partial charge >= 0.3 is 0 Å². The predicted molar refractivity (Wildman–Crippen MR) is 78.9 cm³/mol. The highest BCUT2D eigenvalue weighted by Crippen LogP contribution is 2.20. The van der Waals surface area contributed by atoms with Crippen LogP contribution in [0.4, 0.5) is 11.4 Å². The van der Waals surface area contributed by atoms with E-state index in [1.54, 1.807) is 12.1 Å². The average molecular weight is 290 g/mol. The highest BCUT2D eigenvalue weighted by molar-refractivity contribution is 5.97. The number of hydrogen-bond acceptors (Lipinski definition) is 4. The van der Waals surface area contributed by atoms with Crippen molar-refractivity contribution >= 4 is 29.1 Å². The van der Waals surface area contributed by atoms with E-state index in [0.29, 0.717) is 11.4 Å². The van der Waals surface area contributed by atoms with Gasteiger partial charge in [0, 0.05) is 24.8 Å². The molecule has 112 valence electrons. The number of amides is 3. The van der Waals surface area contributed by atoms with Crippen LogP contribution in [0.3, 0.4) is 0 Å². The van der Waals surface area contributed by atoms with Crippen LogP contribution in [0, 0.1) is 6.92 Å². The van der Waals surface area contributed by atoms with E-state index in [9.17, 15) is 14.4 Å². The second kappa shape index (κ2) is 6.36. The van der Waals surface area contributed by atoms with Crippen molar-refractivity contribution in [3.05, 3.63) is 23.8 Å². The molecule has 1 unspecified atom stereocenters. The Morgan fingerprint density at radius 1 is 1.29 bits per heavy atom. The zero-order valence-electron chi connectivity index (χ0n) is 11.9. The first-order valence-corrected chi connectivity index (χ1v) is 6.65. The molecule has 0 bridgehead atoms. The molecule has 1 aromatic rings. The summed E-state index contributed by atoms with van der Waals surface area (Å²) in [5.74, 6) is -0.520. The molecule has 21 heavy (non-hydrogen) atoms. The summed E-state index contributed by atoms with van der Waals surface area (Å²) in [5.41, 5.74) is 2.16. The number of anilines is 2. The summed E-state index contributed by atoms with van der Waals surface area (Å²) < 4.78 is 0. The minimum atomic E-state index is -0.465. The highest BCUT2D eigenvalue weighted by Gasteiger charge is 2.23. The Bertz CT molecular complexity index is 576. The molecule has 1 aliphatic rings. The molecule has 3 amide bonds. The van der Waals surface area contributed by atoms with Crippen LogP contribution in [0.2, 0.25) is 0 Å².